The average molecular weight is 354 g/mol. The molecule has 0 aliphatic rings. The first-order valence-corrected chi connectivity index (χ1v) is 7.33. The third kappa shape index (κ3) is 3.61. The predicted octanol–water partition coefficient (Wildman–Crippen LogP) is 3.37. The van der Waals surface area contributed by atoms with Crippen LogP contribution in [-0.2, 0) is 0 Å². The summed E-state index contributed by atoms with van der Waals surface area (Å²) in [4.78, 5) is 0. The van der Waals surface area contributed by atoms with Crippen molar-refractivity contribution in [3.8, 4) is 5.75 Å². The third-order valence-corrected chi connectivity index (χ3v) is 4.16. The molecule has 2 rings (SSSR count). The maximum absolute atomic E-state index is 13.4. The lowest BCUT2D eigenvalue weighted by Gasteiger charge is -2.23. The second-order valence-electron chi connectivity index (χ2n) is 4.73. The summed E-state index contributed by atoms with van der Waals surface area (Å²) in [6.45, 7) is 0.203. The van der Waals surface area contributed by atoms with E-state index in [9.17, 15) is 9.50 Å². The summed E-state index contributed by atoms with van der Waals surface area (Å²) >= 11 is 3.41. The highest BCUT2D eigenvalue weighted by molar-refractivity contribution is 9.10. The van der Waals surface area contributed by atoms with Gasteiger partial charge < -0.3 is 15.6 Å². The van der Waals surface area contributed by atoms with E-state index in [0.29, 0.717) is 16.9 Å². The van der Waals surface area contributed by atoms with Gasteiger partial charge >= 0.3 is 0 Å². The van der Waals surface area contributed by atoms with Crippen LogP contribution in [0.5, 0.6) is 5.75 Å². The van der Waals surface area contributed by atoms with Gasteiger partial charge in [-0.1, -0.05) is 28.1 Å². The fraction of sp³-hybridized carbons (Fsp3) is 0.250. The van der Waals surface area contributed by atoms with E-state index in [2.05, 4.69) is 15.9 Å². The van der Waals surface area contributed by atoms with Crippen molar-refractivity contribution in [3.63, 3.8) is 0 Å². The molecule has 0 radical (unpaired) electrons. The third-order valence-electron chi connectivity index (χ3n) is 3.43. The first-order chi connectivity index (χ1) is 10.1. The number of hydrogen-bond acceptors (Lipinski definition) is 3. The Kier molecular flexibility index (Phi) is 5.33. The molecule has 21 heavy (non-hydrogen) atoms. The Balaban J connectivity index is 2.38. The zero-order valence-corrected chi connectivity index (χ0v) is 13.2. The Morgan fingerprint density at radius 2 is 2.05 bits per heavy atom. The molecule has 5 heteroatoms. The Hall–Kier alpha value is -1.43. The van der Waals surface area contributed by atoms with Crippen LogP contribution in [-0.4, -0.2) is 18.8 Å². The maximum atomic E-state index is 13.4. The van der Waals surface area contributed by atoms with Crippen molar-refractivity contribution >= 4 is 15.9 Å². The second kappa shape index (κ2) is 7.02. The van der Waals surface area contributed by atoms with Gasteiger partial charge in [-0.25, -0.2) is 4.39 Å². The van der Waals surface area contributed by atoms with Crippen molar-refractivity contribution < 1.29 is 14.2 Å². The van der Waals surface area contributed by atoms with Gasteiger partial charge in [-0.05, 0) is 41.5 Å². The summed E-state index contributed by atoms with van der Waals surface area (Å²) in [5.41, 5.74) is 7.11. The number of hydrogen-bond donors (Lipinski definition) is 2. The molecule has 0 amide bonds. The number of aliphatic hydroxyl groups excluding tert-OH is 1. The number of benzene rings is 2. The first kappa shape index (κ1) is 15.9. The maximum Gasteiger partial charge on any atom is 0.123 e. The van der Waals surface area contributed by atoms with Crippen LogP contribution in [0.3, 0.4) is 0 Å². The van der Waals surface area contributed by atoms with Gasteiger partial charge in [-0.3, -0.25) is 0 Å². The minimum absolute atomic E-state index is 0.203. The lowest BCUT2D eigenvalue weighted by atomic mass is 9.89. The molecule has 2 aromatic rings. The first-order valence-electron chi connectivity index (χ1n) is 6.54. The number of nitrogens with two attached hydrogens (primary N) is 1. The van der Waals surface area contributed by atoms with E-state index >= 15 is 0 Å². The Bertz CT molecular complexity index is 621. The molecule has 0 aliphatic carbocycles. The smallest absolute Gasteiger partial charge is 0.123 e. The summed E-state index contributed by atoms with van der Waals surface area (Å²) < 4.78 is 19.3. The minimum atomic E-state index is -0.860. The van der Waals surface area contributed by atoms with Crippen molar-refractivity contribution in [1.29, 1.82) is 0 Å². The Morgan fingerprint density at radius 1 is 1.29 bits per heavy atom. The van der Waals surface area contributed by atoms with Gasteiger partial charge in [0.1, 0.15) is 11.6 Å². The van der Waals surface area contributed by atoms with Crippen LogP contribution in [0.15, 0.2) is 46.9 Å². The molecular formula is C16H17BrFNO2. The van der Waals surface area contributed by atoms with Crippen LogP contribution < -0.4 is 10.5 Å². The topological polar surface area (TPSA) is 55.5 Å². The fourth-order valence-corrected chi connectivity index (χ4v) is 2.76. The second-order valence-corrected chi connectivity index (χ2v) is 5.58. The molecule has 112 valence electrons. The highest BCUT2D eigenvalue weighted by atomic mass is 79.9. The molecule has 3 N–H and O–H groups in total. The van der Waals surface area contributed by atoms with Crippen molar-refractivity contribution in [2.45, 2.75) is 12.0 Å². The van der Waals surface area contributed by atoms with E-state index in [1.807, 2.05) is 0 Å². The Morgan fingerprint density at radius 3 is 2.67 bits per heavy atom. The minimum Gasteiger partial charge on any atom is -0.497 e. The van der Waals surface area contributed by atoms with Crippen LogP contribution in [0.4, 0.5) is 4.39 Å². The number of rotatable bonds is 5. The highest BCUT2D eigenvalue weighted by Gasteiger charge is 2.24. The number of methoxy groups -OCH3 is 1. The van der Waals surface area contributed by atoms with E-state index in [0.717, 1.165) is 4.47 Å². The quantitative estimate of drug-likeness (QED) is 0.866. The molecular weight excluding hydrogens is 337 g/mol. The molecule has 2 aromatic carbocycles. The molecule has 2 unspecified atom stereocenters. The number of ether oxygens (including phenoxy) is 1. The lowest BCUT2D eigenvalue weighted by molar-refractivity contribution is 0.146. The van der Waals surface area contributed by atoms with Gasteiger partial charge in [0.15, 0.2) is 0 Å². The Labute approximate surface area is 131 Å². The largest absolute Gasteiger partial charge is 0.497 e. The summed E-state index contributed by atoms with van der Waals surface area (Å²) in [6.07, 6.45) is -0.860. The molecule has 0 aromatic heterocycles. The van der Waals surface area contributed by atoms with Crippen molar-refractivity contribution in [3.05, 3.63) is 63.9 Å². The summed E-state index contributed by atoms with van der Waals surface area (Å²) in [6, 6.07) is 11.5. The molecule has 0 saturated carbocycles. The highest BCUT2D eigenvalue weighted by Crippen LogP contribution is 2.36. The zero-order chi connectivity index (χ0) is 15.4. The van der Waals surface area contributed by atoms with Gasteiger partial charge in [0.05, 0.1) is 13.2 Å². The summed E-state index contributed by atoms with van der Waals surface area (Å²) in [5.74, 6) is -0.103. The molecule has 0 spiro atoms. The van der Waals surface area contributed by atoms with E-state index in [4.69, 9.17) is 10.5 Å². The van der Waals surface area contributed by atoms with Crippen LogP contribution >= 0.6 is 15.9 Å². The molecule has 2 atom stereocenters. The molecule has 0 saturated heterocycles. The van der Waals surface area contributed by atoms with E-state index in [-0.39, 0.29) is 12.4 Å². The van der Waals surface area contributed by atoms with Crippen molar-refractivity contribution in [2.75, 3.05) is 13.7 Å². The van der Waals surface area contributed by atoms with Gasteiger partial charge in [-0.15, -0.1) is 0 Å². The normalized spacial score (nSPS) is 13.8. The molecule has 0 heterocycles. The molecule has 0 bridgehead atoms. The molecule has 0 fully saturated rings. The number of halogens is 2. The fourth-order valence-electron chi connectivity index (χ4n) is 2.28. The van der Waals surface area contributed by atoms with Gasteiger partial charge in [0.2, 0.25) is 0 Å². The predicted molar refractivity (Wildman–Crippen MR) is 83.8 cm³/mol. The number of aliphatic hydroxyl groups is 1. The SMILES string of the molecule is COc1ccc(Br)c(C(O)C(CN)c2cccc(F)c2)c1. The summed E-state index contributed by atoms with van der Waals surface area (Å²) in [5, 5.41) is 10.6. The molecule has 3 nitrogen and oxygen atoms in total. The average Bonchev–Trinajstić information content (AvgIpc) is 2.48. The van der Waals surface area contributed by atoms with Crippen molar-refractivity contribution in [2.24, 2.45) is 5.73 Å². The van der Waals surface area contributed by atoms with E-state index in [1.165, 1.54) is 12.1 Å². The van der Waals surface area contributed by atoms with Gasteiger partial charge in [0.25, 0.3) is 0 Å². The monoisotopic (exact) mass is 353 g/mol. The van der Waals surface area contributed by atoms with E-state index in [1.54, 1.807) is 37.4 Å². The van der Waals surface area contributed by atoms with Crippen LogP contribution in [0.2, 0.25) is 0 Å². The van der Waals surface area contributed by atoms with Crippen LogP contribution in [0.25, 0.3) is 0 Å². The zero-order valence-electron chi connectivity index (χ0n) is 11.6. The van der Waals surface area contributed by atoms with Gasteiger partial charge in [0, 0.05) is 16.9 Å². The molecule has 0 aliphatic heterocycles. The standard InChI is InChI=1S/C16H17BrFNO2/c1-21-12-5-6-15(17)13(8-12)16(20)14(9-19)10-3-2-4-11(18)7-10/h2-8,14,16,20H,9,19H2,1H3. The van der Waals surface area contributed by atoms with E-state index < -0.39 is 12.0 Å². The van der Waals surface area contributed by atoms with Crippen LogP contribution in [0, 0.1) is 5.82 Å². The van der Waals surface area contributed by atoms with Gasteiger partial charge in [-0.2, -0.15) is 0 Å². The van der Waals surface area contributed by atoms with Crippen LogP contribution in [0.1, 0.15) is 23.1 Å². The van der Waals surface area contributed by atoms with Crippen molar-refractivity contribution in [1.82, 2.24) is 0 Å². The summed E-state index contributed by atoms with van der Waals surface area (Å²) in [7, 11) is 1.56. The lowest BCUT2D eigenvalue weighted by Crippen LogP contribution is -2.20.